The molecule has 5 nitrogen and oxygen atoms in total. The van der Waals surface area contributed by atoms with E-state index in [9.17, 15) is 4.79 Å². The maximum Gasteiger partial charge on any atom is 0.216 e. The lowest BCUT2D eigenvalue weighted by molar-refractivity contribution is 0.102. The maximum absolute atomic E-state index is 12.5. The summed E-state index contributed by atoms with van der Waals surface area (Å²) in [6, 6.07) is 3.78. The first-order valence-electron chi connectivity index (χ1n) is 5.64. The van der Waals surface area contributed by atoms with Gasteiger partial charge in [-0.05, 0) is 17.5 Å². The summed E-state index contributed by atoms with van der Waals surface area (Å²) in [7, 11) is 3.24. The molecule has 0 radical (unpaired) electrons. The van der Waals surface area contributed by atoms with E-state index in [4.69, 9.17) is 4.74 Å². The van der Waals surface area contributed by atoms with Crippen molar-refractivity contribution in [1.82, 2.24) is 14.8 Å². The van der Waals surface area contributed by atoms with Crippen molar-refractivity contribution in [1.29, 1.82) is 0 Å². The predicted molar refractivity (Wildman–Crippen MR) is 72.8 cm³/mol. The lowest BCUT2D eigenvalue weighted by atomic mass is 10.1. The fourth-order valence-electron chi connectivity index (χ4n) is 1.93. The Kier molecular flexibility index (Phi) is 2.79. The van der Waals surface area contributed by atoms with E-state index in [2.05, 4.69) is 10.1 Å². The zero-order valence-corrected chi connectivity index (χ0v) is 11.3. The van der Waals surface area contributed by atoms with Crippen molar-refractivity contribution in [2.45, 2.75) is 0 Å². The Balaban J connectivity index is 2.09. The molecule has 0 unspecified atom stereocenters. The molecule has 0 saturated heterocycles. The smallest absolute Gasteiger partial charge is 0.216 e. The highest BCUT2D eigenvalue weighted by Crippen LogP contribution is 2.24. The Morgan fingerprint density at radius 1 is 1.42 bits per heavy atom. The predicted octanol–water partition coefficient (Wildman–Crippen LogP) is 2.27. The molecule has 6 heteroatoms. The number of rotatable bonds is 3. The third-order valence-electron chi connectivity index (χ3n) is 2.91. The molecule has 0 aliphatic heterocycles. The van der Waals surface area contributed by atoms with Gasteiger partial charge in [-0.25, -0.2) is 0 Å². The number of aryl methyl sites for hydroxylation is 1. The number of fused-ring (bicyclic) bond motifs is 1. The van der Waals surface area contributed by atoms with Gasteiger partial charge in [0, 0.05) is 18.8 Å². The molecular weight excluding hydrogens is 262 g/mol. The van der Waals surface area contributed by atoms with Crippen LogP contribution in [0, 0.1) is 0 Å². The van der Waals surface area contributed by atoms with Crippen LogP contribution in [0.4, 0.5) is 0 Å². The average Bonchev–Trinajstić information content (AvgIpc) is 3.02. The molecule has 19 heavy (non-hydrogen) atoms. The molecule has 3 heterocycles. The quantitative estimate of drug-likeness (QED) is 0.687. The van der Waals surface area contributed by atoms with Gasteiger partial charge in [0.05, 0.1) is 23.5 Å². The van der Waals surface area contributed by atoms with Crippen molar-refractivity contribution in [3.63, 3.8) is 0 Å². The molecule has 96 valence electrons. The molecule has 3 aromatic rings. The highest BCUT2D eigenvalue weighted by Gasteiger charge is 2.20. The van der Waals surface area contributed by atoms with Crippen LogP contribution in [0.5, 0.6) is 5.75 Å². The molecule has 0 fully saturated rings. The third kappa shape index (κ3) is 1.90. The summed E-state index contributed by atoms with van der Waals surface area (Å²) < 4.78 is 7.67. The second-order valence-corrected chi connectivity index (χ2v) is 4.99. The summed E-state index contributed by atoms with van der Waals surface area (Å²) >= 11 is 1.56. The molecule has 0 bridgehead atoms. The van der Waals surface area contributed by atoms with E-state index in [1.165, 1.54) is 18.0 Å². The molecule has 0 atom stereocenters. The first-order chi connectivity index (χ1) is 9.20. The van der Waals surface area contributed by atoms with Gasteiger partial charge in [-0.3, -0.25) is 14.5 Å². The monoisotopic (exact) mass is 273 g/mol. The number of thiophene rings is 1. The highest BCUT2D eigenvalue weighted by molar-refractivity contribution is 7.17. The highest BCUT2D eigenvalue weighted by atomic mass is 32.1. The number of hydrogen-bond donors (Lipinski definition) is 0. The molecule has 0 amide bonds. The summed E-state index contributed by atoms with van der Waals surface area (Å²) in [5.74, 6) is 0.332. The summed E-state index contributed by atoms with van der Waals surface area (Å²) in [6.45, 7) is 0. The first kappa shape index (κ1) is 11.9. The third-order valence-corrected chi connectivity index (χ3v) is 3.76. The Hall–Kier alpha value is -2.21. The van der Waals surface area contributed by atoms with Crippen LogP contribution in [-0.4, -0.2) is 27.7 Å². The second-order valence-electron chi connectivity index (χ2n) is 4.04. The average molecular weight is 273 g/mol. The van der Waals surface area contributed by atoms with Crippen LogP contribution in [0.3, 0.4) is 0 Å². The van der Waals surface area contributed by atoms with E-state index in [1.54, 1.807) is 24.6 Å². The number of aromatic nitrogens is 3. The molecule has 3 rings (SSSR count). The Labute approximate surface area is 113 Å². The SMILES string of the molecule is COc1cnn(C)c1C(=O)c1cnc2ccsc2c1. The molecule has 0 spiro atoms. The zero-order valence-electron chi connectivity index (χ0n) is 10.5. The second kappa shape index (κ2) is 4.47. The van der Waals surface area contributed by atoms with Crippen molar-refractivity contribution >= 4 is 27.3 Å². The van der Waals surface area contributed by atoms with Crippen molar-refractivity contribution in [3.05, 3.63) is 41.2 Å². The van der Waals surface area contributed by atoms with E-state index in [0.717, 1.165) is 10.2 Å². The Bertz CT molecular complexity index is 760. The van der Waals surface area contributed by atoms with Crippen LogP contribution < -0.4 is 4.74 Å². The minimum Gasteiger partial charge on any atom is -0.493 e. The van der Waals surface area contributed by atoms with Crippen LogP contribution in [-0.2, 0) is 7.05 Å². The van der Waals surface area contributed by atoms with Gasteiger partial charge in [-0.2, -0.15) is 5.10 Å². The Morgan fingerprint density at radius 3 is 3.05 bits per heavy atom. The molecule has 0 aliphatic rings. The van der Waals surface area contributed by atoms with Crippen LogP contribution in [0.15, 0.2) is 29.9 Å². The summed E-state index contributed by atoms with van der Waals surface area (Å²) in [4.78, 5) is 16.8. The van der Waals surface area contributed by atoms with Crippen LogP contribution >= 0.6 is 11.3 Å². The maximum atomic E-state index is 12.5. The number of ketones is 1. The number of pyridine rings is 1. The minimum atomic E-state index is -0.139. The fourth-order valence-corrected chi connectivity index (χ4v) is 2.71. The van der Waals surface area contributed by atoms with Gasteiger partial charge in [0.2, 0.25) is 5.78 Å². The number of carbonyl (C=O) groups excluding carboxylic acids is 1. The standard InChI is InChI=1S/C13H11N3O2S/c1-16-12(10(18-2)7-15-16)13(17)8-5-11-9(14-6-8)3-4-19-11/h3-7H,1-2H3. The molecule has 0 N–H and O–H groups in total. The summed E-state index contributed by atoms with van der Waals surface area (Å²) in [5, 5.41) is 5.99. The lowest BCUT2D eigenvalue weighted by Gasteiger charge is -2.04. The molecule has 3 aromatic heterocycles. The van der Waals surface area contributed by atoms with Gasteiger partial charge in [0.15, 0.2) is 11.4 Å². The number of hydrogen-bond acceptors (Lipinski definition) is 5. The minimum absolute atomic E-state index is 0.139. The molecule has 0 aliphatic carbocycles. The van der Waals surface area contributed by atoms with Crippen molar-refractivity contribution < 1.29 is 9.53 Å². The van der Waals surface area contributed by atoms with E-state index in [1.807, 2.05) is 17.5 Å². The van der Waals surface area contributed by atoms with Gasteiger partial charge in [-0.15, -0.1) is 11.3 Å². The lowest BCUT2D eigenvalue weighted by Crippen LogP contribution is -2.09. The first-order valence-corrected chi connectivity index (χ1v) is 6.52. The summed E-state index contributed by atoms with van der Waals surface area (Å²) in [6.07, 6.45) is 3.12. The van der Waals surface area contributed by atoms with Gasteiger partial charge >= 0.3 is 0 Å². The number of carbonyl (C=O) groups is 1. The largest absolute Gasteiger partial charge is 0.493 e. The number of methoxy groups -OCH3 is 1. The van der Waals surface area contributed by atoms with Crippen molar-refractivity contribution in [2.75, 3.05) is 7.11 Å². The van der Waals surface area contributed by atoms with E-state index < -0.39 is 0 Å². The van der Waals surface area contributed by atoms with Crippen LogP contribution in [0.1, 0.15) is 16.1 Å². The fraction of sp³-hybridized carbons (Fsp3) is 0.154. The number of ether oxygens (including phenoxy) is 1. The van der Waals surface area contributed by atoms with Gasteiger partial charge in [0.1, 0.15) is 0 Å². The Morgan fingerprint density at radius 2 is 2.26 bits per heavy atom. The van der Waals surface area contributed by atoms with E-state index in [-0.39, 0.29) is 5.78 Å². The summed E-state index contributed by atoms with van der Waals surface area (Å²) in [5.41, 5.74) is 1.87. The molecule has 0 aromatic carbocycles. The molecular formula is C13H11N3O2S. The molecule has 0 saturated carbocycles. The zero-order chi connectivity index (χ0) is 13.4. The van der Waals surface area contributed by atoms with Gasteiger partial charge < -0.3 is 4.74 Å². The normalized spacial score (nSPS) is 10.8. The van der Waals surface area contributed by atoms with Gasteiger partial charge in [-0.1, -0.05) is 0 Å². The van der Waals surface area contributed by atoms with Crippen LogP contribution in [0.25, 0.3) is 10.2 Å². The van der Waals surface area contributed by atoms with E-state index >= 15 is 0 Å². The van der Waals surface area contributed by atoms with Crippen molar-refractivity contribution in [2.24, 2.45) is 7.05 Å². The number of nitrogens with zero attached hydrogens (tertiary/aromatic N) is 3. The topological polar surface area (TPSA) is 57.0 Å². The van der Waals surface area contributed by atoms with E-state index in [0.29, 0.717) is 17.0 Å². The van der Waals surface area contributed by atoms with Crippen molar-refractivity contribution in [3.8, 4) is 5.75 Å². The van der Waals surface area contributed by atoms with Gasteiger partial charge in [0.25, 0.3) is 0 Å². The van der Waals surface area contributed by atoms with Crippen LogP contribution in [0.2, 0.25) is 0 Å².